The van der Waals surface area contributed by atoms with E-state index in [1.807, 2.05) is 6.26 Å². The third-order valence-corrected chi connectivity index (χ3v) is 6.29. The summed E-state index contributed by atoms with van der Waals surface area (Å²) in [5.41, 5.74) is 4.85. The third-order valence-electron chi connectivity index (χ3n) is 3.79. The van der Waals surface area contributed by atoms with E-state index in [1.54, 1.807) is 32.5 Å². The first-order valence-corrected chi connectivity index (χ1v) is 13.1. The van der Waals surface area contributed by atoms with E-state index in [4.69, 9.17) is 10.5 Å². The van der Waals surface area contributed by atoms with Gasteiger partial charge < -0.3 is 0 Å². The monoisotopic (exact) mass is 528 g/mol. The van der Waals surface area contributed by atoms with Gasteiger partial charge in [0.05, 0.1) is 0 Å². The van der Waals surface area contributed by atoms with Gasteiger partial charge in [0.1, 0.15) is 0 Å². The molecular formula is C19H36N4O6SSe. The van der Waals surface area contributed by atoms with Gasteiger partial charge in [-0.3, -0.25) is 0 Å². The van der Waals surface area contributed by atoms with Gasteiger partial charge in [-0.25, -0.2) is 0 Å². The Bertz CT molecular complexity index is 588. The molecule has 0 heterocycles. The fourth-order valence-electron chi connectivity index (χ4n) is 2.23. The molecule has 0 fully saturated rings. The minimum atomic E-state index is -0.770. The van der Waals surface area contributed by atoms with Gasteiger partial charge in [0.25, 0.3) is 0 Å². The summed E-state index contributed by atoms with van der Waals surface area (Å²) in [5.74, 6) is -0.238. The van der Waals surface area contributed by atoms with Crippen molar-refractivity contribution in [3.8, 4) is 0 Å². The fourth-order valence-corrected chi connectivity index (χ4v) is 4.38. The predicted molar refractivity (Wildman–Crippen MR) is 122 cm³/mol. The number of methoxy groups -OCH3 is 1. The Labute approximate surface area is 195 Å². The zero-order chi connectivity index (χ0) is 23.9. The first-order chi connectivity index (χ1) is 14.5. The summed E-state index contributed by atoms with van der Waals surface area (Å²) in [4.78, 5) is 48.6. The maximum absolute atomic E-state index is 12.8. The Morgan fingerprint density at radius 1 is 1.10 bits per heavy atom. The van der Waals surface area contributed by atoms with Gasteiger partial charge >= 0.3 is 195 Å². The number of unbranched alkanes of at least 4 members (excludes halogenated alkanes) is 1. The molecule has 0 unspecified atom stereocenters. The van der Waals surface area contributed by atoms with Crippen LogP contribution < -0.4 is 20.7 Å². The van der Waals surface area contributed by atoms with Gasteiger partial charge in [0, 0.05) is 0 Å². The number of hydrogen-bond donors (Lipinski definition) is 4. The molecule has 2 atom stereocenters. The molecule has 0 bridgehead atoms. The van der Waals surface area contributed by atoms with E-state index in [1.165, 1.54) is 7.11 Å². The van der Waals surface area contributed by atoms with E-state index in [0.29, 0.717) is 31.6 Å². The van der Waals surface area contributed by atoms with E-state index >= 15 is 0 Å². The Hall–Kier alpha value is -1.33. The number of carbonyl (C=O) groups is 4. The second kappa shape index (κ2) is 16.3. The Balaban J connectivity index is 4.98. The van der Waals surface area contributed by atoms with Crippen LogP contribution in [0.15, 0.2) is 0 Å². The fraction of sp³-hybridized carbons (Fsp3) is 0.789. The zero-order valence-corrected chi connectivity index (χ0v) is 21.5. The van der Waals surface area contributed by atoms with E-state index in [9.17, 15) is 19.2 Å². The molecule has 0 aliphatic rings. The van der Waals surface area contributed by atoms with Gasteiger partial charge in [-0.2, -0.15) is 0 Å². The van der Waals surface area contributed by atoms with Crippen molar-refractivity contribution in [3.05, 3.63) is 0 Å². The Morgan fingerprint density at radius 2 is 1.77 bits per heavy atom. The molecule has 5 N–H and O–H groups in total. The van der Waals surface area contributed by atoms with Crippen LogP contribution in [-0.2, 0) is 23.9 Å². The van der Waals surface area contributed by atoms with Gasteiger partial charge in [0.2, 0.25) is 0 Å². The maximum atomic E-state index is 12.8. The number of nitrogens with two attached hydrogens (primary N) is 1. The summed E-state index contributed by atoms with van der Waals surface area (Å²) in [6.45, 7) is 5.48. The number of hydrogen-bond acceptors (Lipinski definition) is 9. The van der Waals surface area contributed by atoms with Crippen molar-refractivity contribution < 1.29 is 28.7 Å². The average molecular weight is 528 g/mol. The van der Waals surface area contributed by atoms with Crippen LogP contribution in [0.2, 0.25) is 0 Å². The number of esters is 1. The van der Waals surface area contributed by atoms with Crippen molar-refractivity contribution in [1.29, 1.82) is 0 Å². The number of amides is 2. The van der Waals surface area contributed by atoms with Crippen LogP contribution >= 0.6 is 11.8 Å². The molecule has 0 aromatic heterocycles. The number of thioether (sulfide) groups is 1. The van der Waals surface area contributed by atoms with Gasteiger partial charge in [0.15, 0.2) is 0 Å². The molecule has 0 aromatic carbocycles. The number of nitrogens with one attached hydrogen (secondary N) is 3. The number of alkyl carbamates (subject to hydrolysis) is 1. The normalized spacial score (nSPS) is 13.1. The summed E-state index contributed by atoms with van der Waals surface area (Å²) in [6, 6.07) is -1.36. The molecule has 0 saturated carbocycles. The van der Waals surface area contributed by atoms with Crippen molar-refractivity contribution in [2.24, 2.45) is 5.73 Å². The first kappa shape index (κ1) is 29.7. The van der Waals surface area contributed by atoms with Crippen LogP contribution in [0.25, 0.3) is 0 Å². The molecule has 31 heavy (non-hydrogen) atoms. The number of carbonyl (C=O) groups excluding carboxylic acids is 4. The molecule has 10 nitrogen and oxygen atoms in total. The quantitative estimate of drug-likeness (QED) is 0.133. The molecule has 0 saturated heterocycles. The molecule has 0 aromatic rings. The van der Waals surface area contributed by atoms with Crippen LogP contribution in [0.1, 0.15) is 46.5 Å². The summed E-state index contributed by atoms with van der Waals surface area (Å²) < 4.78 is 12.6. The molecule has 0 aliphatic heterocycles. The van der Waals surface area contributed by atoms with E-state index < -0.39 is 44.9 Å². The van der Waals surface area contributed by atoms with E-state index in [2.05, 4.69) is 19.7 Å². The van der Waals surface area contributed by atoms with Crippen LogP contribution in [0, 0.1) is 0 Å². The molecular weight excluding hydrogens is 491 g/mol. The Morgan fingerprint density at radius 3 is 2.32 bits per heavy atom. The van der Waals surface area contributed by atoms with E-state index in [-0.39, 0.29) is 17.1 Å². The topological polar surface area (TPSA) is 149 Å². The van der Waals surface area contributed by atoms with Crippen molar-refractivity contribution in [2.75, 3.05) is 32.2 Å². The number of ether oxygens (including phenoxy) is 2. The minimum absolute atomic E-state index is 0.203. The molecule has 12 heteroatoms. The summed E-state index contributed by atoms with van der Waals surface area (Å²) >= 11 is 0.799. The summed E-state index contributed by atoms with van der Waals surface area (Å²) in [5, 5.41) is 5.14. The van der Waals surface area contributed by atoms with Crippen molar-refractivity contribution in [2.45, 2.75) is 64.1 Å². The van der Waals surface area contributed by atoms with Crippen LogP contribution in [0.5, 0.6) is 0 Å². The van der Waals surface area contributed by atoms with Gasteiger partial charge in [-0.1, -0.05) is 0 Å². The van der Waals surface area contributed by atoms with E-state index in [0.717, 1.165) is 6.42 Å². The van der Waals surface area contributed by atoms with Gasteiger partial charge in [-0.15, -0.1) is 0 Å². The first-order valence-electron chi connectivity index (χ1n) is 10.0. The zero-order valence-electron chi connectivity index (χ0n) is 18.9. The predicted octanol–water partition coefficient (Wildman–Crippen LogP) is 0.155. The van der Waals surface area contributed by atoms with Crippen molar-refractivity contribution in [3.63, 3.8) is 0 Å². The standard InChI is InChI=1S/C19H36N4O6SSe/c1-19(2,3)29-18(27)22-14(8-6-7-10-20)17(26)31-23-13(9-11-30-5)16(25)21-12-15(24)28-4/h13-14,23H,6-12,20H2,1-5H3,(H,21,25)(H,22,27)/t13-,14-/m0/s1. The third kappa shape index (κ3) is 15.2. The molecule has 0 spiro atoms. The second-order valence-corrected chi connectivity index (χ2v) is 10.4. The SMILES string of the molecule is COC(=O)CNC(=O)[C@H](CCSC)N[Se]C(=O)[C@H](CCCCN)NC(=O)OC(C)(C)C. The average Bonchev–Trinajstić information content (AvgIpc) is 2.69. The molecule has 0 aliphatic carbocycles. The van der Waals surface area contributed by atoms with Gasteiger partial charge in [-0.05, 0) is 0 Å². The number of rotatable bonds is 15. The van der Waals surface area contributed by atoms with Crippen molar-refractivity contribution >= 4 is 49.6 Å². The molecule has 0 radical (unpaired) electrons. The second-order valence-electron chi connectivity index (χ2n) is 7.65. The van der Waals surface area contributed by atoms with Crippen LogP contribution in [0.4, 0.5) is 4.79 Å². The molecule has 0 rings (SSSR count). The summed E-state index contributed by atoms with van der Waals surface area (Å²) in [7, 11) is 1.24. The molecule has 2 amide bonds. The van der Waals surface area contributed by atoms with Crippen LogP contribution in [-0.4, -0.2) is 87.7 Å². The van der Waals surface area contributed by atoms with Crippen LogP contribution in [0.3, 0.4) is 0 Å². The Kier molecular flexibility index (Phi) is 15.6. The van der Waals surface area contributed by atoms with Crippen molar-refractivity contribution in [1.82, 2.24) is 15.0 Å². The summed E-state index contributed by atoms with van der Waals surface area (Å²) in [6.07, 6.45) is 3.58. The molecule has 180 valence electrons.